The van der Waals surface area contributed by atoms with Crippen LogP contribution in [0.15, 0.2) is 24.3 Å². The van der Waals surface area contributed by atoms with Crippen molar-refractivity contribution in [2.24, 2.45) is 5.92 Å². The SMILES string of the molecule is CC.CC.CC(C)N1CCC(C(F)(F)c2ccccc2F)CC1. The summed E-state index contributed by atoms with van der Waals surface area (Å²) in [6, 6.07) is 5.59. The predicted octanol–water partition coefficient (Wildman–Crippen LogP) is 6.09. The van der Waals surface area contributed by atoms with Crippen molar-refractivity contribution in [1.82, 2.24) is 4.90 Å². The van der Waals surface area contributed by atoms with Crippen LogP contribution in [0.25, 0.3) is 0 Å². The van der Waals surface area contributed by atoms with E-state index in [-0.39, 0.29) is 0 Å². The fourth-order valence-electron chi connectivity index (χ4n) is 2.73. The van der Waals surface area contributed by atoms with Crippen LogP contribution in [-0.2, 0) is 5.92 Å². The molecule has 0 radical (unpaired) electrons. The molecule has 1 aliphatic rings. The maximum absolute atomic E-state index is 14.4. The summed E-state index contributed by atoms with van der Waals surface area (Å²) in [6.45, 7) is 13.4. The fourth-order valence-corrected chi connectivity index (χ4v) is 2.73. The maximum atomic E-state index is 14.4. The molecule has 134 valence electrons. The van der Waals surface area contributed by atoms with E-state index in [9.17, 15) is 13.2 Å². The lowest BCUT2D eigenvalue weighted by Crippen LogP contribution is -2.42. The van der Waals surface area contributed by atoms with Gasteiger partial charge in [0.05, 0.1) is 5.56 Å². The lowest BCUT2D eigenvalue weighted by Gasteiger charge is -2.37. The Bertz CT molecular complexity index is 424. The molecule has 0 N–H and O–H groups in total. The second kappa shape index (κ2) is 10.7. The molecule has 4 heteroatoms. The first-order valence-electron chi connectivity index (χ1n) is 8.79. The Hall–Kier alpha value is -1.03. The van der Waals surface area contributed by atoms with E-state index in [4.69, 9.17) is 0 Å². The van der Waals surface area contributed by atoms with E-state index in [1.165, 1.54) is 18.2 Å². The van der Waals surface area contributed by atoms with E-state index in [0.29, 0.717) is 32.0 Å². The van der Waals surface area contributed by atoms with E-state index < -0.39 is 23.2 Å². The lowest BCUT2D eigenvalue weighted by atomic mass is 9.86. The number of alkyl halides is 2. The molecule has 0 bridgehead atoms. The third-order valence-corrected chi connectivity index (χ3v) is 4.01. The van der Waals surface area contributed by atoms with Gasteiger partial charge in [0, 0.05) is 12.0 Å². The molecule has 0 saturated carbocycles. The Morgan fingerprint density at radius 2 is 1.48 bits per heavy atom. The summed E-state index contributed by atoms with van der Waals surface area (Å²) >= 11 is 0. The first kappa shape index (κ1) is 22.0. The van der Waals surface area contributed by atoms with Gasteiger partial charge in [-0.1, -0.05) is 45.9 Å². The minimum atomic E-state index is -3.07. The van der Waals surface area contributed by atoms with Gasteiger partial charge in [-0.05, 0) is 45.8 Å². The number of piperidine rings is 1. The summed E-state index contributed by atoms with van der Waals surface area (Å²) < 4.78 is 42.3. The third-order valence-electron chi connectivity index (χ3n) is 4.01. The van der Waals surface area contributed by atoms with Crippen molar-refractivity contribution in [3.63, 3.8) is 0 Å². The van der Waals surface area contributed by atoms with Gasteiger partial charge in [-0.15, -0.1) is 0 Å². The molecule has 0 aromatic heterocycles. The van der Waals surface area contributed by atoms with Gasteiger partial charge in [-0.3, -0.25) is 0 Å². The van der Waals surface area contributed by atoms with Crippen LogP contribution in [0, 0.1) is 11.7 Å². The van der Waals surface area contributed by atoms with Crippen molar-refractivity contribution in [2.75, 3.05) is 13.1 Å². The summed E-state index contributed by atoms with van der Waals surface area (Å²) in [5.41, 5.74) is -0.460. The maximum Gasteiger partial charge on any atom is 0.278 e. The largest absolute Gasteiger partial charge is 0.301 e. The quantitative estimate of drug-likeness (QED) is 0.648. The van der Waals surface area contributed by atoms with E-state index in [1.807, 2.05) is 27.7 Å². The number of likely N-dealkylation sites (tertiary alicyclic amines) is 1. The molecule has 0 spiro atoms. The van der Waals surface area contributed by atoms with E-state index in [1.54, 1.807) is 0 Å². The van der Waals surface area contributed by atoms with Crippen molar-refractivity contribution in [1.29, 1.82) is 0 Å². The molecule has 0 aliphatic carbocycles. The molecule has 1 heterocycles. The van der Waals surface area contributed by atoms with Crippen LogP contribution in [0.3, 0.4) is 0 Å². The minimum absolute atomic E-state index is 0.378. The smallest absolute Gasteiger partial charge is 0.278 e. The van der Waals surface area contributed by atoms with Crippen LogP contribution in [-0.4, -0.2) is 24.0 Å². The average molecular weight is 331 g/mol. The van der Waals surface area contributed by atoms with Crippen molar-refractivity contribution < 1.29 is 13.2 Å². The van der Waals surface area contributed by atoms with Crippen LogP contribution >= 0.6 is 0 Å². The van der Waals surface area contributed by atoms with Gasteiger partial charge in [0.1, 0.15) is 5.82 Å². The second-order valence-electron chi connectivity index (χ2n) is 5.51. The predicted molar refractivity (Wildman–Crippen MR) is 92.4 cm³/mol. The van der Waals surface area contributed by atoms with Crippen LogP contribution < -0.4 is 0 Å². The van der Waals surface area contributed by atoms with E-state index in [0.717, 1.165) is 6.07 Å². The number of benzene rings is 1. The van der Waals surface area contributed by atoms with Gasteiger partial charge in [0.2, 0.25) is 0 Å². The molecule has 0 atom stereocenters. The Balaban J connectivity index is 0.00000112. The molecule has 0 unspecified atom stereocenters. The number of hydrogen-bond donors (Lipinski definition) is 0. The van der Waals surface area contributed by atoms with Crippen molar-refractivity contribution >= 4 is 0 Å². The molecule has 0 amide bonds. The van der Waals surface area contributed by atoms with Gasteiger partial charge in [-0.2, -0.15) is 0 Å². The monoisotopic (exact) mass is 331 g/mol. The number of halogens is 3. The highest BCUT2D eigenvalue weighted by atomic mass is 19.3. The van der Waals surface area contributed by atoms with Crippen LogP contribution in [0.1, 0.15) is 59.9 Å². The Morgan fingerprint density at radius 3 is 1.91 bits per heavy atom. The zero-order chi connectivity index (χ0) is 18.0. The normalized spacial score (nSPS) is 16.3. The van der Waals surface area contributed by atoms with Gasteiger partial charge in [0.25, 0.3) is 5.92 Å². The lowest BCUT2D eigenvalue weighted by molar-refractivity contribution is -0.0899. The highest BCUT2D eigenvalue weighted by molar-refractivity contribution is 5.23. The standard InChI is InChI=1S/C15H20F3N.2C2H6/c1-11(2)19-9-7-12(8-10-19)15(17,18)13-5-3-4-6-14(13)16;2*1-2/h3-6,11-12H,7-10H2,1-2H3;2*1-2H3. The van der Waals surface area contributed by atoms with Crippen LogP contribution in [0.2, 0.25) is 0 Å². The van der Waals surface area contributed by atoms with Gasteiger partial charge < -0.3 is 4.90 Å². The zero-order valence-electron chi connectivity index (χ0n) is 15.4. The molecule has 2 rings (SSSR count). The molecule has 23 heavy (non-hydrogen) atoms. The molecule has 1 aliphatic heterocycles. The van der Waals surface area contributed by atoms with E-state index >= 15 is 0 Å². The number of rotatable bonds is 3. The Morgan fingerprint density at radius 1 is 1.00 bits per heavy atom. The molecule has 1 nitrogen and oxygen atoms in total. The Kier molecular flexibility index (Phi) is 10.2. The first-order valence-corrected chi connectivity index (χ1v) is 8.79. The number of nitrogens with zero attached hydrogens (tertiary/aromatic N) is 1. The molecule has 1 saturated heterocycles. The van der Waals surface area contributed by atoms with Crippen molar-refractivity contribution in [2.45, 2.75) is 66.3 Å². The molecule has 1 aromatic rings. The van der Waals surface area contributed by atoms with E-state index in [2.05, 4.69) is 18.7 Å². The molecular formula is C19H32F3N. The highest BCUT2D eigenvalue weighted by Gasteiger charge is 2.44. The minimum Gasteiger partial charge on any atom is -0.301 e. The summed E-state index contributed by atoms with van der Waals surface area (Å²) in [4.78, 5) is 2.19. The topological polar surface area (TPSA) is 3.24 Å². The Labute approximate surface area is 139 Å². The van der Waals surface area contributed by atoms with Gasteiger partial charge in [-0.25, -0.2) is 13.2 Å². The molecular weight excluding hydrogens is 299 g/mol. The second-order valence-corrected chi connectivity index (χ2v) is 5.51. The van der Waals surface area contributed by atoms with Crippen molar-refractivity contribution in [3.05, 3.63) is 35.6 Å². The fraction of sp³-hybridized carbons (Fsp3) is 0.684. The van der Waals surface area contributed by atoms with Gasteiger partial charge in [0.15, 0.2) is 0 Å². The summed E-state index contributed by atoms with van der Waals surface area (Å²) in [5, 5.41) is 0. The van der Waals surface area contributed by atoms with Crippen LogP contribution in [0.5, 0.6) is 0 Å². The molecule has 1 aromatic carbocycles. The summed E-state index contributed by atoms with van der Waals surface area (Å²) in [6.07, 6.45) is 0.832. The zero-order valence-corrected chi connectivity index (χ0v) is 15.4. The van der Waals surface area contributed by atoms with Gasteiger partial charge >= 0.3 is 0 Å². The van der Waals surface area contributed by atoms with Crippen molar-refractivity contribution in [3.8, 4) is 0 Å². The molecule has 1 fully saturated rings. The summed E-state index contributed by atoms with van der Waals surface area (Å²) in [7, 11) is 0. The first-order chi connectivity index (χ1) is 10.9. The third kappa shape index (κ3) is 5.83. The highest BCUT2D eigenvalue weighted by Crippen LogP contribution is 2.42. The average Bonchev–Trinajstić information content (AvgIpc) is 2.59. The number of hydrogen-bond acceptors (Lipinski definition) is 1. The van der Waals surface area contributed by atoms with Crippen LogP contribution in [0.4, 0.5) is 13.2 Å². The summed E-state index contributed by atoms with van der Waals surface area (Å²) in [5.74, 6) is -4.65.